The van der Waals surface area contributed by atoms with Crippen molar-refractivity contribution >= 4 is 29.1 Å². The number of benzene rings is 2. The van der Waals surface area contributed by atoms with Crippen LogP contribution >= 0.6 is 0 Å². The number of nitrogens with zero attached hydrogens (tertiary/aromatic N) is 2. The fourth-order valence-corrected chi connectivity index (χ4v) is 3.17. The van der Waals surface area contributed by atoms with E-state index in [-0.39, 0.29) is 25.1 Å². The summed E-state index contributed by atoms with van der Waals surface area (Å²) in [6.07, 6.45) is -4.78. The highest BCUT2D eigenvalue weighted by Gasteiger charge is 2.35. The summed E-state index contributed by atoms with van der Waals surface area (Å²) in [5, 5.41) is 11.1. The maximum atomic E-state index is 12.7. The first-order valence-corrected chi connectivity index (χ1v) is 9.36. The molecule has 0 atom stereocenters. The van der Waals surface area contributed by atoms with Crippen molar-refractivity contribution in [3.63, 3.8) is 0 Å². The van der Waals surface area contributed by atoms with E-state index in [9.17, 15) is 37.7 Å². The lowest BCUT2D eigenvalue weighted by Gasteiger charge is -2.14. The van der Waals surface area contributed by atoms with E-state index < -0.39 is 40.1 Å². The summed E-state index contributed by atoms with van der Waals surface area (Å²) in [5.74, 6) is -1.54. The zero-order chi connectivity index (χ0) is 23.6. The number of hydrogen-bond donors (Lipinski definition) is 2. The summed E-state index contributed by atoms with van der Waals surface area (Å²) >= 11 is 0. The van der Waals surface area contributed by atoms with Crippen molar-refractivity contribution in [2.45, 2.75) is 25.9 Å². The molecule has 2 aromatic rings. The number of rotatable bonds is 7. The van der Waals surface area contributed by atoms with E-state index >= 15 is 0 Å². The predicted octanol–water partition coefficient (Wildman–Crippen LogP) is 3.44. The fraction of sp³-hybridized carbons (Fsp3) is 0.250. The van der Waals surface area contributed by atoms with Crippen LogP contribution in [0.15, 0.2) is 36.4 Å². The minimum absolute atomic E-state index is 0.0146. The number of nitro groups is 1. The average Bonchev–Trinajstić information content (AvgIpc) is 2.95. The molecule has 3 rings (SSSR count). The Balaban J connectivity index is 1.55. The van der Waals surface area contributed by atoms with E-state index in [0.717, 1.165) is 16.5 Å². The van der Waals surface area contributed by atoms with Gasteiger partial charge in [0.25, 0.3) is 17.5 Å². The molecule has 32 heavy (non-hydrogen) atoms. The molecule has 168 valence electrons. The van der Waals surface area contributed by atoms with Gasteiger partial charge in [0.2, 0.25) is 5.91 Å². The Hall–Kier alpha value is -3.96. The quantitative estimate of drug-likeness (QED) is 0.379. The normalized spacial score (nSPS) is 13.2. The van der Waals surface area contributed by atoms with Crippen LogP contribution in [-0.4, -0.2) is 34.1 Å². The lowest BCUT2D eigenvalue weighted by Crippen LogP contribution is -2.33. The van der Waals surface area contributed by atoms with Crippen molar-refractivity contribution in [2.75, 3.05) is 12.0 Å². The second kappa shape index (κ2) is 8.65. The molecule has 1 aliphatic heterocycles. The maximum absolute atomic E-state index is 12.7. The molecule has 3 amide bonds. The molecule has 0 radical (unpaired) electrons. The first-order chi connectivity index (χ1) is 15.0. The predicted molar refractivity (Wildman–Crippen MR) is 106 cm³/mol. The van der Waals surface area contributed by atoms with E-state index in [4.69, 9.17) is 0 Å². The first kappa shape index (κ1) is 22.7. The summed E-state index contributed by atoms with van der Waals surface area (Å²) in [5.41, 5.74) is 3.43. The third-order valence-corrected chi connectivity index (χ3v) is 4.77. The summed E-state index contributed by atoms with van der Waals surface area (Å²) < 4.78 is 38.2. The Kier molecular flexibility index (Phi) is 6.14. The number of carbonyl (C=O) groups excluding carboxylic acids is 3. The lowest BCUT2D eigenvalue weighted by atomic mass is 10.1. The van der Waals surface area contributed by atoms with E-state index in [1.54, 1.807) is 25.1 Å². The summed E-state index contributed by atoms with van der Waals surface area (Å²) in [6, 6.07) is 6.74. The average molecular weight is 450 g/mol. The fourth-order valence-electron chi connectivity index (χ4n) is 3.17. The molecule has 0 fully saturated rings. The molecule has 2 aromatic carbocycles. The number of carbonyl (C=O) groups is 3. The van der Waals surface area contributed by atoms with Gasteiger partial charge in [-0.25, -0.2) is 0 Å². The highest BCUT2D eigenvalue weighted by molar-refractivity contribution is 6.21. The van der Waals surface area contributed by atoms with Gasteiger partial charge in [0.1, 0.15) is 5.69 Å². The Morgan fingerprint density at radius 2 is 1.78 bits per heavy atom. The van der Waals surface area contributed by atoms with Crippen LogP contribution in [0.2, 0.25) is 0 Å². The molecule has 0 aromatic heterocycles. The zero-order valence-electron chi connectivity index (χ0n) is 16.7. The summed E-state index contributed by atoms with van der Waals surface area (Å²) in [6.45, 7) is 1.78. The van der Waals surface area contributed by atoms with Gasteiger partial charge in [0, 0.05) is 19.0 Å². The highest BCUT2D eigenvalue weighted by atomic mass is 19.4. The van der Waals surface area contributed by atoms with Gasteiger partial charge in [-0.1, -0.05) is 11.6 Å². The summed E-state index contributed by atoms with van der Waals surface area (Å²) in [4.78, 5) is 47.8. The first-order valence-electron chi connectivity index (χ1n) is 9.36. The van der Waals surface area contributed by atoms with Crippen molar-refractivity contribution in [3.8, 4) is 0 Å². The maximum Gasteiger partial charge on any atom is 0.416 e. The number of nitro benzene ring substituents is 1. The number of alkyl halides is 3. The number of amides is 3. The van der Waals surface area contributed by atoms with E-state index in [1.807, 2.05) is 0 Å². The smallest absolute Gasteiger partial charge is 0.292 e. The highest BCUT2D eigenvalue weighted by Crippen LogP contribution is 2.34. The third kappa shape index (κ3) is 4.68. The molecule has 1 aliphatic rings. The Morgan fingerprint density at radius 1 is 1.09 bits per heavy atom. The number of hydrazine groups is 1. The Labute approximate surface area is 179 Å². The topological polar surface area (TPSA) is 122 Å². The Bertz CT molecular complexity index is 1120. The SMILES string of the molecule is Cc1ccc2c(c1)C(=O)N(CCCC(=O)NNc1ccc(C(F)(F)F)cc1[N+](=O)[O-])C2=O. The second-order valence-electron chi connectivity index (χ2n) is 7.07. The van der Waals surface area contributed by atoms with E-state index in [2.05, 4.69) is 10.9 Å². The van der Waals surface area contributed by atoms with Crippen LogP contribution < -0.4 is 10.9 Å². The number of aryl methyl sites for hydroxylation is 1. The van der Waals surface area contributed by atoms with Gasteiger partial charge < -0.3 is 0 Å². The largest absolute Gasteiger partial charge is 0.416 e. The number of anilines is 1. The molecule has 0 bridgehead atoms. The van der Waals surface area contributed by atoms with Crippen molar-refractivity contribution in [2.24, 2.45) is 0 Å². The van der Waals surface area contributed by atoms with E-state index in [1.165, 1.54) is 0 Å². The van der Waals surface area contributed by atoms with Gasteiger partial charge in [-0.2, -0.15) is 13.2 Å². The van der Waals surface area contributed by atoms with Gasteiger partial charge in [0.05, 0.1) is 21.6 Å². The molecule has 0 aliphatic carbocycles. The zero-order valence-corrected chi connectivity index (χ0v) is 16.7. The van der Waals surface area contributed by atoms with Gasteiger partial charge >= 0.3 is 6.18 Å². The standard InChI is InChI=1S/C20H17F3N4O5/c1-11-4-6-13-14(9-11)19(30)26(18(13)29)8-2-3-17(28)25-24-15-7-5-12(20(21,22)23)10-16(15)27(31)32/h4-7,9-10,24H,2-3,8H2,1H3,(H,25,28). The molecular formula is C20H17F3N4O5. The van der Waals surface area contributed by atoms with Crippen LogP contribution in [0.3, 0.4) is 0 Å². The molecule has 12 heteroatoms. The molecule has 0 saturated carbocycles. The van der Waals surface area contributed by atoms with Crippen molar-refractivity contribution in [3.05, 3.63) is 68.8 Å². The van der Waals surface area contributed by atoms with Gasteiger partial charge in [-0.15, -0.1) is 0 Å². The van der Waals surface area contributed by atoms with E-state index in [0.29, 0.717) is 23.3 Å². The van der Waals surface area contributed by atoms with Crippen LogP contribution in [0.1, 0.15) is 44.7 Å². The van der Waals surface area contributed by atoms with Crippen molar-refractivity contribution in [1.29, 1.82) is 0 Å². The molecule has 1 heterocycles. The van der Waals surface area contributed by atoms with Crippen LogP contribution in [0.25, 0.3) is 0 Å². The van der Waals surface area contributed by atoms with Crippen molar-refractivity contribution < 1.29 is 32.5 Å². The van der Waals surface area contributed by atoms with Gasteiger partial charge in [-0.05, 0) is 37.6 Å². The monoisotopic (exact) mass is 450 g/mol. The minimum atomic E-state index is -4.75. The number of nitrogens with one attached hydrogen (secondary N) is 2. The van der Waals surface area contributed by atoms with Crippen LogP contribution in [0.4, 0.5) is 24.5 Å². The molecule has 9 nitrogen and oxygen atoms in total. The van der Waals surface area contributed by atoms with Crippen LogP contribution in [0, 0.1) is 17.0 Å². The second-order valence-corrected chi connectivity index (χ2v) is 7.07. The molecule has 0 unspecified atom stereocenters. The van der Waals surface area contributed by atoms with Gasteiger partial charge in [0.15, 0.2) is 0 Å². The number of halogens is 3. The van der Waals surface area contributed by atoms with Crippen LogP contribution in [-0.2, 0) is 11.0 Å². The van der Waals surface area contributed by atoms with Crippen LogP contribution in [0.5, 0.6) is 0 Å². The molecular weight excluding hydrogens is 433 g/mol. The van der Waals surface area contributed by atoms with Crippen molar-refractivity contribution in [1.82, 2.24) is 10.3 Å². The molecule has 2 N–H and O–H groups in total. The molecule has 0 spiro atoms. The Morgan fingerprint density at radius 3 is 2.44 bits per heavy atom. The number of hydrogen-bond acceptors (Lipinski definition) is 6. The third-order valence-electron chi connectivity index (χ3n) is 4.77. The number of imide groups is 1. The number of fused-ring (bicyclic) bond motifs is 1. The summed E-state index contributed by atoms with van der Waals surface area (Å²) in [7, 11) is 0. The lowest BCUT2D eigenvalue weighted by molar-refractivity contribution is -0.384. The molecule has 0 saturated heterocycles. The van der Waals surface area contributed by atoms with Gasteiger partial charge in [-0.3, -0.25) is 40.2 Å². The minimum Gasteiger partial charge on any atom is -0.292 e.